The summed E-state index contributed by atoms with van der Waals surface area (Å²) in [5.41, 5.74) is 3.70. The number of carbonyl (C=O) groups is 1. The summed E-state index contributed by atoms with van der Waals surface area (Å²) in [5, 5.41) is 7.70. The molecule has 0 radical (unpaired) electrons. The van der Waals surface area contributed by atoms with Crippen molar-refractivity contribution < 1.29 is 14.3 Å². The number of rotatable bonds is 7. The number of amides is 1. The van der Waals surface area contributed by atoms with Crippen LogP contribution in [-0.2, 0) is 6.54 Å². The van der Waals surface area contributed by atoms with Crippen molar-refractivity contribution in [2.75, 3.05) is 14.2 Å². The van der Waals surface area contributed by atoms with E-state index in [0.717, 1.165) is 28.3 Å². The van der Waals surface area contributed by atoms with E-state index >= 15 is 0 Å². The lowest BCUT2D eigenvalue weighted by molar-refractivity contribution is 0.0951. The average Bonchev–Trinajstić information content (AvgIpc) is 3.29. The van der Waals surface area contributed by atoms with Gasteiger partial charge in [-0.1, -0.05) is 36.4 Å². The van der Waals surface area contributed by atoms with Crippen molar-refractivity contribution in [2.45, 2.75) is 6.54 Å². The lowest BCUT2D eigenvalue weighted by atomic mass is 10.1. The molecule has 0 aliphatic heterocycles. The van der Waals surface area contributed by atoms with Gasteiger partial charge in [-0.25, -0.2) is 4.68 Å². The molecular formula is C25H23N3O3. The van der Waals surface area contributed by atoms with Crippen LogP contribution in [0.3, 0.4) is 0 Å². The van der Waals surface area contributed by atoms with E-state index in [4.69, 9.17) is 14.6 Å². The third kappa shape index (κ3) is 4.43. The van der Waals surface area contributed by atoms with E-state index in [-0.39, 0.29) is 5.91 Å². The van der Waals surface area contributed by atoms with Crippen molar-refractivity contribution in [1.82, 2.24) is 15.1 Å². The Morgan fingerprint density at radius 2 is 1.61 bits per heavy atom. The minimum atomic E-state index is -0.209. The molecule has 0 saturated carbocycles. The zero-order valence-electron chi connectivity index (χ0n) is 17.4. The number of nitrogens with one attached hydrogen (secondary N) is 1. The average molecular weight is 413 g/mol. The molecule has 0 atom stereocenters. The molecule has 0 bridgehead atoms. The summed E-state index contributed by atoms with van der Waals surface area (Å²) in [6, 6.07) is 24.8. The Hall–Kier alpha value is -4.06. The highest BCUT2D eigenvalue weighted by Gasteiger charge is 2.19. The molecule has 4 aromatic rings. The predicted octanol–water partition coefficient (Wildman–Crippen LogP) is 4.49. The lowest BCUT2D eigenvalue weighted by Gasteiger charge is -2.09. The molecule has 0 aliphatic carbocycles. The number of carbonyl (C=O) groups excluding carboxylic acids is 1. The first-order valence-corrected chi connectivity index (χ1v) is 9.89. The third-order valence-electron chi connectivity index (χ3n) is 4.97. The van der Waals surface area contributed by atoms with Gasteiger partial charge in [0.2, 0.25) is 0 Å². The molecule has 0 unspecified atom stereocenters. The summed E-state index contributed by atoms with van der Waals surface area (Å²) in [7, 11) is 3.24. The minimum absolute atomic E-state index is 0.209. The van der Waals surface area contributed by atoms with Gasteiger partial charge in [0.05, 0.1) is 25.5 Å². The number of benzene rings is 3. The van der Waals surface area contributed by atoms with Crippen LogP contribution in [0.4, 0.5) is 0 Å². The van der Waals surface area contributed by atoms with Crippen molar-refractivity contribution in [1.29, 1.82) is 0 Å². The molecule has 1 N–H and O–H groups in total. The van der Waals surface area contributed by atoms with Crippen molar-refractivity contribution in [3.63, 3.8) is 0 Å². The number of ether oxygens (including phenoxy) is 2. The van der Waals surface area contributed by atoms with Gasteiger partial charge in [0.15, 0.2) is 0 Å². The summed E-state index contributed by atoms with van der Waals surface area (Å²) in [4.78, 5) is 13.1. The van der Waals surface area contributed by atoms with Crippen molar-refractivity contribution in [3.8, 4) is 28.4 Å². The van der Waals surface area contributed by atoms with Crippen molar-refractivity contribution in [3.05, 3.63) is 96.2 Å². The van der Waals surface area contributed by atoms with Gasteiger partial charge >= 0.3 is 0 Å². The lowest BCUT2D eigenvalue weighted by Crippen LogP contribution is -2.23. The number of aromatic nitrogens is 2. The molecule has 31 heavy (non-hydrogen) atoms. The molecule has 1 amide bonds. The van der Waals surface area contributed by atoms with Gasteiger partial charge in [0.25, 0.3) is 5.91 Å². The fraction of sp³-hybridized carbons (Fsp3) is 0.120. The number of nitrogens with zero attached hydrogens (tertiary/aromatic N) is 2. The zero-order valence-corrected chi connectivity index (χ0v) is 17.4. The number of hydrogen-bond donors (Lipinski definition) is 1. The maximum atomic E-state index is 13.1. The van der Waals surface area contributed by atoms with Crippen LogP contribution in [0.2, 0.25) is 0 Å². The van der Waals surface area contributed by atoms with Gasteiger partial charge in [-0.2, -0.15) is 5.10 Å². The van der Waals surface area contributed by atoms with E-state index in [9.17, 15) is 4.79 Å². The van der Waals surface area contributed by atoms with Gasteiger partial charge < -0.3 is 14.8 Å². The van der Waals surface area contributed by atoms with Crippen LogP contribution >= 0.6 is 0 Å². The first kappa shape index (κ1) is 20.2. The van der Waals surface area contributed by atoms with Crippen LogP contribution in [0, 0.1) is 0 Å². The maximum Gasteiger partial charge on any atom is 0.255 e. The maximum absolute atomic E-state index is 13.1. The molecule has 0 saturated heterocycles. The molecule has 4 rings (SSSR count). The van der Waals surface area contributed by atoms with E-state index in [1.807, 2.05) is 78.9 Å². The van der Waals surface area contributed by atoms with Crippen LogP contribution in [0.1, 0.15) is 15.9 Å². The molecule has 0 fully saturated rings. The largest absolute Gasteiger partial charge is 0.497 e. The topological polar surface area (TPSA) is 65.4 Å². The molecule has 1 heterocycles. The second kappa shape index (κ2) is 9.17. The summed E-state index contributed by atoms with van der Waals surface area (Å²) in [6.07, 6.45) is 1.76. The molecule has 6 heteroatoms. The van der Waals surface area contributed by atoms with Crippen LogP contribution in [-0.4, -0.2) is 29.9 Å². The highest BCUT2D eigenvalue weighted by molar-refractivity contribution is 6.00. The summed E-state index contributed by atoms with van der Waals surface area (Å²) >= 11 is 0. The van der Waals surface area contributed by atoms with E-state index in [1.165, 1.54) is 0 Å². The van der Waals surface area contributed by atoms with Crippen molar-refractivity contribution >= 4 is 5.91 Å². The van der Waals surface area contributed by atoms with Gasteiger partial charge in [-0.3, -0.25) is 4.79 Å². The molecular weight excluding hydrogens is 390 g/mol. The zero-order chi connectivity index (χ0) is 21.6. The quantitative estimate of drug-likeness (QED) is 0.485. The highest BCUT2D eigenvalue weighted by Crippen LogP contribution is 2.26. The molecule has 156 valence electrons. The summed E-state index contributed by atoms with van der Waals surface area (Å²) < 4.78 is 12.4. The SMILES string of the molecule is COc1ccc(-c2nn(-c3ccccc3)cc2C(=O)NCc2ccccc2OC)cc1. The Kier molecular flexibility index (Phi) is 5.98. The van der Waals surface area contributed by atoms with E-state index < -0.39 is 0 Å². The Morgan fingerprint density at radius 3 is 2.32 bits per heavy atom. The van der Waals surface area contributed by atoms with E-state index in [2.05, 4.69) is 5.32 Å². The Bertz CT molecular complexity index is 1170. The Morgan fingerprint density at radius 1 is 0.903 bits per heavy atom. The van der Waals surface area contributed by atoms with Gasteiger partial charge in [0, 0.05) is 23.9 Å². The van der Waals surface area contributed by atoms with E-state index in [0.29, 0.717) is 17.8 Å². The van der Waals surface area contributed by atoms with Gasteiger partial charge in [-0.15, -0.1) is 0 Å². The number of para-hydroxylation sites is 2. The fourth-order valence-corrected chi connectivity index (χ4v) is 3.33. The van der Waals surface area contributed by atoms with Crippen LogP contribution < -0.4 is 14.8 Å². The minimum Gasteiger partial charge on any atom is -0.497 e. The summed E-state index contributed by atoms with van der Waals surface area (Å²) in [6.45, 7) is 0.349. The van der Waals surface area contributed by atoms with Crippen LogP contribution in [0.5, 0.6) is 11.5 Å². The Balaban J connectivity index is 1.67. The second-order valence-electron chi connectivity index (χ2n) is 6.89. The standard InChI is InChI=1S/C25H23N3O3/c1-30-21-14-12-18(13-15-21)24-22(17-28(27-24)20-9-4-3-5-10-20)25(29)26-16-19-8-6-7-11-23(19)31-2/h3-15,17H,16H2,1-2H3,(H,26,29). The molecule has 0 spiro atoms. The molecule has 0 aliphatic rings. The smallest absolute Gasteiger partial charge is 0.255 e. The number of methoxy groups -OCH3 is 2. The second-order valence-corrected chi connectivity index (χ2v) is 6.89. The highest BCUT2D eigenvalue weighted by atomic mass is 16.5. The molecule has 3 aromatic carbocycles. The molecule has 1 aromatic heterocycles. The van der Waals surface area contributed by atoms with Crippen LogP contribution in [0.25, 0.3) is 16.9 Å². The fourth-order valence-electron chi connectivity index (χ4n) is 3.33. The molecule has 6 nitrogen and oxygen atoms in total. The first-order chi connectivity index (χ1) is 15.2. The Labute approximate surface area is 181 Å². The first-order valence-electron chi connectivity index (χ1n) is 9.89. The summed E-state index contributed by atoms with van der Waals surface area (Å²) in [5.74, 6) is 1.27. The van der Waals surface area contributed by atoms with Gasteiger partial charge in [0.1, 0.15) is 17.2 Å². The normalized spacial score (nSPS) is 10.5. The number of hydrogen-bond acceptors (Lipinski definition) is 4. The van der Waals surface area contributed by atoms with Crippen LogP contribution in [0.15, 0.2) is 85.1 Å². The van der Waals surface area contributed by atoms with Gasteiger partial charge in [-0.05, 0) is 42.5 Å². The third-order valence-corrected chi connectivity index (χ3v) is 4.97. The van der Waals surface area contributed by atoms with Crippen molar-refractivity contribution in [2.24, 2.45) is 0 Å². The van der Waals surface area contributed by atoms with E-state index in [1.54, 1.807) is 25.1 Å². The predicted molar refractivity (Wildman–Crippen MR) is 120 cm³/mol. The monoisotopic (exact) mass is 413 g/mol.